The minimum Gasteiger partial charge on any atom is -0.354 e. The summed E-state index contributed by atoms with van der Waals surface area (Å²) in [7, 11) is 3.51. The largest absolute Gasteiger partial charge is 0.354 e. The van der Waals surface area contributed by atoms with Gasteiger partial charge in [-0.3, -0.25) is 4.79 Å². The fourth-order valence-corrected chi connectivity index (χ4v) is 2.96. The zero-order valence-electron chi connectivity index (χ0n) is 16.3. The van der Waals surface area contributed by atoms with Crippen molar-refractivity contribution in [3.05, 3.63) is 12.2 Å². The van der Waals surface area contributed by atoms with E-state index in [4.69, 9.17) is 0 Å². The Labute approximate surface area is 173 Å². The minimum absolute atomic E-state index is 0. The van der Waals surface area contributed by atoms with E-state index >= 15 is 0 Å². The Balaban J connectivity index is 0.00000338. The second kappa shape index (κ2) is 11.3. The summed E-state index contributed by atoms with van der Waals surface area (Å²) >= 11 is 0. The molecule has 0 aromatic carbocycles. The molecule has 1 amide bonds. The molecule has 0 aliphatic carbocycles. The van der Waals surface area contributed by atoms with Crippen molar-refractivity contribution in [2.45, 2.75) is 39.7 Å². The molecule has 1 aliphatic rings. The lowest BCUT2D eigenvalue weighted by atomic mass is 10.0. The Bertz CT molecular complexity index is 587. The summed E-state index contributed by atoms with van der Waals surface area (Å²) in [5.74, 6) is 2.47. The minimum atomic E-state index is 0. The highest BCUT2D eigenvalue weighted by Crippen LogP contribution is 2.15. The molecule has 0 radical (unpaired) electrons. The lowest BCUT2D eigenvalue weighted by molar-refractivity contribution is -0.127. The number of guanidine groups is 1. The number of rotatable bonds is 6. The van der Waals surface area contributed by atoms with Gasteiger partial charge < -0.3 is 19.7 Å². The first-order chi connectivity index (χ1) is 12.0. The fraction of sp³-hybridized carbons (Fsp3) is 0.765. The van der Waals surface area contributed by atoms with Crippen molar-refractivity contribution in [3.8, 4) is 0 Å². The van der Waals surface area contributed by atoms with Crippen LogP contribution in [0.2, 0.25) is 0 Å². The lowest BCUT2D eigenvalue weighted by Crippen LogP contribution is -2.47. The van der Waals surface area contributed by atoms with Gasteiger partial charge in [0.2, 0.25) is 5.91 Å². The van der Waals surface area contributed by atoms with Gasteiger partial charge in [-0.05, 0) is 18.8 Å². The molecule has 148 valence electrons. The van der Waals surface area contributed by atoms with Crippen molar-refractivity contribution in [2.75, 3.05) is 40.3 Å². The Hall–Kier alpha value is -1.39. The number of aliphatic imine (C=N–C) groups is 1. The Morgan fingerprint density at radius 1 is 1.46 bits per heavy atom. The van der Waals surface area contributed by atoms with E-state index in [0.29, 0.717) is 5.92 Å². The highest BCUT2D eigenvalue weighted by Gasteiger charge is 2.20. The molecule has 1 aliphatic heterocycles. The molecule has 1 atom stereocenters. The fourth-order valence-electron chi connectivity index (χ4n) is 2.96. The number of hydrogen-bond donors (Lipinski definition) is 1. The topological polar surface area (TPSA) is 78.6 Å². The van der Waals surface area contributed by atoms with E-state index in [0.717, 1.165) is 50.8 Å². The number of amides is 1. The van der Waals surface area contributed by atoms with E-state index in [1.807, 2.05) is 0 Å². The third-order valence-corrected chi connectivity index (χ3v) is 4.47. The molecule has 1 fully saturated rings. The monoisotopic (exact) mass is 477 g/mol. The van der Waals surface area contributed by atoms with Crippen LogP contribution in [0.1, 0.15) is 32.5 Å². The first-order valence-electron chi connectivity index (χ1n) is 9.11. The molecule has 1 saturated heterocycles. The SMILES string of the molecule is CCc1nncn1CCNC(=NCC(=O)N(C)C)N1CCCC(C)C1.I. The molecule has 0 saturated carbocycles. The maximum atomic E-state index is 11.9. The predicted octanol–water partition coefficient (Wildman–Crippen LogP) is 1.22. The van der Waals surface area contributed by atoms with Gasteiger partial charge in [0.15, 0.2) is 5.96 Å². The number of aryl methyl sites for hydroxylation is 1. The average molecular weight is 477 g/mol. The Morgan fingerprint density at radius 2 is 2.23 bits per heavy atom. The van der Waals surface area contributed by atoms with Gasteiger partial charge in [-0.25, -0.2) is 4.99 Å². The number of halogens is 1. The highest BCUT2D eigenvalue weighted by atomic mass is 127. The number of nitrogens with one attached hydrogen (secondary N) is 1. The number of hydrogen-bond acceptors (Lipinski definition) is 4. The van der Waals surface area contributed by atoms with Crippen molar-refractivity contribution in [1.82, 2.24) is 29.9 Å². The highest BCUT2D eigenvalue weighted by molar-refractivity contribution is 14.0. The van der Waals surface area contributed by atoms with Crippen LogP contribution in [0.5, 0.6) is 0 Å². The third-order valence-electron chi connectivity index (χ3n) is 4.47. The smallest absolute Gasteiger partial charge is 0.243 e. The third kappa shape index (κ3) is 6.73. The van der Waals surface area contributed by atoms with E-state index in [9.17, 15) is 4.79 Å². The van der Waals surface area contributed by atoms with Gasteiger partial charge in [0.25, 0.3) is 0 Å². The molecule has 1 unspecified atom stereocenters. The quantitative estimate of drug-likeness (QED) is 0.379. The second-order valence-electron chi connectivity index (χ2n) is 6.84. The van der Waals surface area contributed by atoms with Crippen molar-refractivity contribution >= 4 is 35.8 Å². The molecule has 8 nitrogen and oxygen atoms in total. The molecule has 26 heavy (non-hydrogen) atoms. The summed E-state index contributed by atoms with van der Waals surface area (Å²) in [6.45, 7) is 7.98. The maximum absolute atomic E-state index is 11.9. The van der Waals surface area contributed by atoms with Gasteiger partial charge in [-0.15, -0.1) is 34.2 Å². The first kappa shape index (κ1) is 22.7. The zero-order valence-corrected chi connectivity index (χ0v) is 18.6. The van der Waals surface area contributed by atoms with Crippen molar-refractivity contribution in [2.24, 2.45) is 10.9 Å². The second-order valence-corrected chi connectivity index (χ2v) is 6.84. The van der Waals surface area contributed by atoms with Crippen LogP contribution in [0, 0.1) is 5.92 Å². The summed E-state index contributed by atoms with van der Waals surface area (Å²) in [6.07, 6.45) is 5.04. The predicted molar refractivity (Wildman–Crippen MR) is 114 cm³/mol. The van der Waals surface area contributed by atoms with E-state index in [-0.39, 0.29) is 36.4 Å². The summed E-state index contributed by atoms with van der Waals surface area (Å²) in [4.78, 5) is 20.3. The summed E-state index contributed by atoms with van der Waals surface area (Å²) < 4.78 is 2.05. The van der Waals surface area contributed by atoms with E-state index < -0.39 is 0 Å². The molecule has 1 aromatic heterocycles. The van der Waals surface area contributed by atoms with Crippen LogP contribution in [-0.4, -0.2) is 76.7 Å². The lowest BCUT2D eigenvalue weighted by Gasteiger charge is -2.33. The molecule has 1 aromatic rings. The average Bonchev–Trinajstić information content (AvgIpc) is 3.04. The van der Waals surface area contributed by atoms with Gasteiger partial charge in [-0.2, -0.15) is 0 Å². The van der Waals surface area contributed by atoms with Crippen molar-refractivity contribution in [1.29, 1.82) is 0 Å². The van der Waals surface area contributed by atoms with Crippen LogP contribution in [0.25, 0.3) is 0 Å². The molecular formula is C17H32IN7O. The molecule has 1 N–H and O–H groups in total. The Morgan fingerprint density at radius 3 is 2.88 bits per heavy atom. The number of carbonyl (C=O) groups is 1. The van der Waals surface area contributed by atoms with E-state index in [2.05, 4.69) is 43.8 Å². The summed E-state index contributed by atoms with van der Waals surface area (Å²) in [6, 6.07) is 0. The molecular weight excluding hydrogens is 445 g/mol. The number of likely N-dealkylation sites (tertiary alicyclic amines) is 1. The molecule has 2 rings (SSSR count). The standard InChI is InChI=1S/C17H31N7O.HI/c1-5-15-21-20-13-24(15)10-8-18-17(19-11-16(25)22(3)4)23-9-6-7-14(2)12-23;/h13-14H,5-12H2,1-4H3,(H,18,19);1H. The van der Waals surface area contributed by atoms with Gasteiger partial charge in [-0.1, -0.05) is 13.8 Å². The zero-order chi connectivity index (χ0) is 18.2. The van der Waals surface area contributed by atoms with Gasteiger partial charge >= 0.3 is 0 Å². The number of carbonyl (C=O) groups excluding carboxylic acids is 1. The molecule has 2 heterocycles. The number of aromatic nitrogens is 3. The van der Waals surface area contributed by atoms with Crippen molar-refractivity contribution < 1.29 is 4.79 Å². The normalized spacial score (nSPS) is 17.6. The van der Waals surface area contributed by atoms with Crippen LogP contribution in [0.4, 0.5) is 0 Å². The number of nitrogens with zero attached hydrogens (tertiary/aromatic N) is 6. The first-order valence-corrected chi connectivity index (χ1v) is 9.11. The summed E-state index contributed by atoms with van der Waals surface area (Å²) in [5.41, 5.74) is 0. The number of piperidine rings is 1. The van der Waals surface area contributed by atoms with Crippen LogP contribution in [-0.2, 0) is 17.8 Å². The Kier molecular flexibility index (Phi) is 9.89. The van der Waals surface area contributed by atoms with Gasteiger partial charge in [0.1, 0.15) is 18.7 Å². The van der Waals surface area contributed by atoms with Gasteiger partial charge in [0.05, 0.1) is 0 Å². The van der Waals surface area contributed by atoms with Crippen LogP contribution < -0.4 is 5.32 Å². The molecule has 9 heteroatoms. The van der Waals surface area contributed by atoms with E-state index in [1.54, 1.807) is 25.3 Å². The van der Waals surface area contributed by atoms with Gasteiger partial charge in [0, 0.05) is 46.7 Å². The van der Waals surface area contributed by atoms with Crippen molar-refractivity contribution in [3.63, 3.8) is 0 Å². The number of likely N-dealkylation sites (N-methyl/N-ethyl adjacent to an activating group) is 1. The summed E-state index contributed by atoms with van der Waals surface area (Å²) in [5, 5.41) is 11.5. The maximum Gasteiger partial charge on any atom is 0.243 e. The van der Waals surface area contributed by atoms with Crippen LogP contribution in [0.15, 0.2) is 11.3 Å². The molecule has 0 bridgehead atoms. The molecule has 0 spiro atoms. The van der Waals surface area contributed by atoms with Crippen LogP contribution in [0.3, 0.4) is 0 Å². The van der Waals surface area contributed by atoms with Crippen LogP contribution >= 0.6 is 24.0 Å². The van der Waals surface area contributed by atoms with E-state index in [1.165, 1.54) is 6.42 Å².